The van der Waals surface area contributed by atoms with E-state index in [2.05, 4.69) is 10.3 Å². The van der Waals surface area contributed by atoms with Crippen molar-refractivity contribution in [1.29, 1.82) is 0 Å². The number of carbonyl (C=O) groups is 1. The van der Waals surface area contributed by atoms with Crippen LogP contribution in [0.4, 0.5) is 13.2 Å². The molecule has 0 bridgehead atoms. The number of aliphatic hydroxyl groups is 1. The van der Waals surface area contributed by atoms with E-state index >= 15 is 0 Å². The molecule has 2 N–H and O–H groups in total. The van der Waals surface area contributed by atoms with Gasteiger partial charge in [0.15, 0.2) is 5.65 Å². The Morgan fingerprint density at radius 2 is 1.89 bits per heavy atom. The highest BCUT2D eigenvalue weighted by molar-refractivity contribution is 6.31. The standard InChI is InChI=1S/C34H37ClF3N5O4/c1-21-14-24(8-9-25(21)28-18-47-22(2)17-39-28)43-29(35)15-26-31(43)40-20-42(32(26)45)19-33(46)10-12-41(13-11-33)30(44)16-27(34(36,37)38)23-6-4-3-5-7-23/h3-9,14-15,20,22,27-28,39,46H,10-13,16-19H2,1-2H3/t22-,27?,28-/m1/s1. The van der Waals surface area contributed by atoms with Crippen LogP contribution in [0, 0.1) is 6.92 Å². The number of piperidine rings is 1. The summed E-state index contributed by atoms with van der Waals surface area (Å²) in [7, 11) is 0. The van der Waals surface area contributed by atoms with Gasteiger partial charge in [-0.3, -0.25) is 18.7 Å². The Morgan fingerprint density at radius 3 is 2.53 bits per heavy atom. The molecule has 2 aromatic carbocycles. The summed E-state index contributed by atoms with van der Waals surface area (Å²) in [6.07, 6.45) is -3.57. The maximum atomic E-state index is 13.8. The minimum absolute atomic E-state index is 0.0340. The third-order valence-electron chi connectivity index (χ3n) is 9.31. The number of hydrogen-bond donors (Lipinski definition) is 2. The van der Waals surface area contributed by atoms with Crippen LogP contribution in [0.25, 0.3) is 16.7 Å². The van der Waals surface area contributed by atoms with E-state index in [-0.39, 0.29) is 61.1 Å². The topological polar surface area (TPSA) is 102 Å². The number of nitrogens with zero attached hydrogens (tertiary/aromatic N) is 4. The number of nitrogens with one attached hydrogen (secondary N) is 1. The van der Waals surface area contributed by atoms with Crippen LogP contribution in [-0.4, -0.2) is 74.2 Å². The van der Waals surface area contributed by atoms with Gasteiger partial charge in [-0.25, -0.2) is 4.98 Å². The van der Waals surface area contributed by atoms with Crippen LogP contribution in [0.2, 0.25) is 5.15 Å². The van der Waals surface area contributed by atoms with Crippen LogP contribution in [-0.2, 0) is 16.1 Å². The van der Waals surface area contributed by atoms with Gasteiger partial charge in [-0.1, -0.05) is 48.0 Å². The van der Waals surface area contributed by atoms with Gasteiger partial charge in [0, 0.05) is 31.7 Å². The Balaban J connectivity index is 1.15. The molecule has 2 aromatic heterocycles. The van der Waals surface area contributed by atoms with Crippen molar-refractivity contribution in [3.8, 4) is 5.69 Å². The number of hydrogen-bond acceptors (Lipinski definition) is 6. The Morgan fingerprint density at radius 1 is 1.17 bits per heavy atom. The van der Waals surface area contributed by atoms with E-state index in [1.165, 1.54) is 40.1 Å². The number of aryl methyl sites for hydroxylation is 1. The van der Waals surface area contributed by atoms with Gasteiger partial charge in [0.25, 0.3) is 5.56 Å². The molecule has 0 saturated carbocycles. The number of fused-ring (bicyclic) bond motifs is 1. The van der Waals surface area contributed by atoms with Crippen molar-refractivity contribution in [3.05, 3.63) is 93.1 Å². The van der Waals surface area contributed by atoms with E-state index in [1.807, 2.05) is 32.0 Å². The molecule has 2 fully saturated rings. The lowest BCUT2D eigenvalue weighted by Crippen LogP contribution is -2.50. The number of halogens is 4. The average Bonchev–Trinajstić information content (AvgIpc) is 3.38. The number of likely N-dealkylation sites (tertiary alicyclic amines) is 1. The molecule has 2 saturated heterocycles. The van der Waals surface area contributed by atoms with E-state index in [0.29, 0.717) is 17.4 Å². The molecule has 2 aliphatic rings. The van der Waals surface area contributed by atoms with Crippen molar-refractivity contribution in [2.75, 3.05) is 26.2 Å². The third-order valence-corrected chi connectivity index (χ3v) is 9.59. The molecule has 4 aromatic rings. The van der Waals surface area contributed by atoms with Crippen molar-refractivity contribution < 1.29 is 27.8 Å². The first kappa shape index (κ1) is 33.2. The monoisotopic (exact) mass is 671 g/mol. The summed E-state index contributed by atoms with van der Waals surface area (Å²) in [6, 6.07) is 14.9. The predicted octanol–water partition coefficient (Wildman–Crippen LogP) is 5.29. The molecular formula is C34H37ClF3N5O4. The third kappa shape index (κ3) is 6.96. The fraction of sp³-hybridized carbons (Fsp3) is 0.441. The molecular weight excluding hydrogens is 635 g/mol. The zero-order chi connectivity index (χ0) is 33.5. The maximum absolute atomic E-state index is 13.8. The van der Waals surface area contributed by atoms with Gasteiger partial charge >= 0.3 is 6.18 Å². The van der Waals surface area contributed by atoms with Gasteiger partial charge in [-0.05, 0) is 61.6 Å². The Labute approximate surface area is 274 Å². The lowest BCUT2D eigenvalue weighted by Gasteiger charge is -2.39. The lowest BCUT2D eigenvalue weighted by atomic mass is 9.89. The van der Waals surface area contributed by atoms with Crippen LogP contribution >= 0.6 is 11.6 Å². The van der Waals surface area contributed by atoms with Gasteiger partial charge in [-0.15, -0.1) is 0 Å². The van der Waals surface area contributed by atoms with Crippen LogP contribution in [0.1, 0.15) is 54.8 Å². The second-order valence-electron chi connectivity index (χ2n) is 12.7. The summed E-state index contributed by atoms with van der Waals surface area (Å²) in [4.78, 5) is 32.4. The van der Waals surface area contributed by atoms with Gasteiger partial charge in [-0.2, -0.15) is 13.2 Å². The normalized spacial score (nSPS) is 20.8. The van der Waals surface area contributed by atoms with E-state index in [1.54, 1.807) is 16.7 Å². The Kier molecular flexibility index (Phi) is 9.23. The zero-order valence-corrected chi connectivity index (χ0v) is 26.9. The molecule has 3 atom stereocenters. The predicted molar refractivity (Wildman–Crippen MR) is 172 cm³/mol. The molecule has 4 heterocycles. The molecule has 0 radical (unpaired) electrons. The number of morpholine rings is 1. The van der Waals surface area contributed by atoms with E-state index < -0.39 is 30.0 Å². The molecule has 13 heteroatoms. The number of benzene rings is 2. The zero-order valence-electron chi connectivity index (χ0n) is 26.1. The fourth-order valence-electron chi connectivity index (χ4n) is 6.58. The van der Waals surface area contributed by atoms with Gasteiger partial charge in [0.05, 0.1) is 42.2 Å². The van der Waals surface area contributed by atoms with Crippen molar-refractivity contribution in [1.82, 2.24) is 24.3 Å². The Bertz CT molecular complexity index is 1810. The maximum Gasteiger partial charge on any atom is 0.396 e. The highest BCUT2D eigenvalue weighted by Crippen LogP contribution is 2.38. The van der Waals surface area contributed by atoms with Crippen molar-refractivity contribution in [3.63, 3.8) is 0 Å². The van der Waals surface area contributed by atoms with Gasteiger partial charge < -0.3 is 20.1 Å². The average molecular weight is 672 g/mol. The van der Waals surface area contributed by atoms with Crippen LogP contribution in [0.5, 0.6) is 0 Å². The first-order chi connectivity index (χ1) is 22.3. The quantitative estimate of drug-likeness (QED) is 0.277. The van der Waals surface area contributed by atoms with E-state index in [9.17, 15) is 27.9 Å². The molecule has 1 unspecified atom stereocenters. The second-order valence-corrected chi connectivity index (χ2v) is 13.1. The number of alkyl halides is 3. The summed E-state index contributed by atoms with van der Waals surface area (Å²) in [5.74, 6) is -2.54. The number of rotatable bonds is 7. The van der Waals surface area contributed by atoms with Crippen LogP contribution in [0.15, 0.2) is 65.7 Å². The molecule has 0 spiro atoms. The molecule has 47 heavy (non-hydrogen) atoms. The Hall–Kier alpha value is -3.71. The molecule has 250 valence electrons. The van der Waals surface area contributed by atoms with Crippen LogP contribution in [0.3, 0.4) is 0 Å². The molecule has 6 rings (SSSR count). The minimum Gasteiger partial charge on any atom is -0.388 e. The molecule has 2 aliphatic heterocycles. The van der Waals surface area contributed by atoms with Crippen molar-refractivity contribution in [2.24, 2.45) is 0 Å². The SMILES string of the molecule is Cc1cc(-n2c(Cl)cc3c(=O)n(CC4(O)CCN(C(=O)CC(c5ccccc5)C(F)(F)F)CC4)cnc32)ccc1[C@H]1CO[C@H](C)CN1. The number of amides is 1. The summed E-state index contributed by atoms with van der Waals surface area (Å²) >= 11 is 6.64. The first-order valence-electron chi connectivity index (χ1n) is 15.7. The largest absolute Gasteiger partial charge is 0.396 e. The van der Waals surface area contributed by atoms with E-state index in [4.69, 9.17) is 16.3 Å². The lowest BCUT2D eigenvalue weighted by molar-refractivity contribution is -0.162. The number of ether oxygens (including phenoxy) is 1. The van der Waals surface area contributed by atoms with Gasteiger partial charge in [0.1, 0.15) is 11.5 Å². The van der Waals surface area contributed by atoms with Crippen molar-refractivity contribution in [2.45, 2.75) is 69.5 Å². The number of aromatic nitrogens is 3. The second kappa shape index (κ2) is 13.1. The summed E-state index contributed by atoms with van der Waals surface area (Å²) in [6.45, 7) is 5.42. The number of carbonyl (C=O) groups excluding carboxylic acids is 1. The summed E-state index contributed by atoms with van der Waals surface area (Å²) in [5.41, 5.74) is 1.56. The molecule has 9 nitrogen and oxygen atoms in total. The summed E-state index contributed by atoms with van der Waals surface area (Å²) in [5, 5.41) is 15.5. The minimum atomic E-state index is -4.58. The highest BCUT2D eigenvalue weighted by Gasteiger charge is 2.43. The fourth-order valence-corrected chi connectivity index (χ4v) is 6.87. The molecule has 1 amide bonds. The van der Waals surface area contributed by atoms with Crippen molar-refractivity contribution >= 4 is 28.5 Å². The summed E-state index contributed by atoms with van der Waals surface area (Å²) < 4.78 is 50.3. The van der Waals surface area contributed by atoms with Crippen LogP contribution < -0.4 is 10.9 Å². The smallest absolute Gasteiger partial charge is 0.388 e. The first-order valence-corrected chi connectivity index (χ1v) is 16.0. The van der Waals surface area contributed by atoms with Gasteiger partial charge in [0.2, 0.25) is 5.91 Å². The van der Waals surface area contributed by atoms with E-state index in [0.717, 1.165) is 23.4 Å². The molecule has 0 aliphatic carbocycles. The highest BCUT2D eigenvalue weighted by atomic mass is 35.5.